The fourth-order valence-electron chi connectivity index (χ4n) is 1.36. The number of alkyl halides is 8. The van der Waals surface area contributed by atoms with Gasteiger partial charge in [-0.2, -0.15) is 35.1 Å². The van der Waals surface area contributed by atoms with E-state index in [0.717, 1.165) is 0 Å². The lowest BCUT2D eigenvalue weighted by Crippen LogP contribution is -2.55. The van der Waals surface area contributed by atoms with Gasteiger partial charge in [0.25, 0.3) is 0 Å². The van der Waals surface area contributed by atoms with Crippen LogP contribution in [-0.4, -0.2) is 40.7 Å². The first-order chi connectivity index (χ1) is 10.9. The molecule has 144 valence electrons. The van der Waals surface area contributed by atoms with Gasteiger partial charge in [0.2, 0.25) is 0 Å². The molecule has 0 bridgehead atoms. The van der Waals surface area contributed by atoms with Crippen LogP contribution in [0.1, 0.15) is 5.56 Å². The second-order valence-corrected chi connectivity index (χ2v) is 5.80. The number of halogens is 8. The van der Waals surface area contributed by atoms with Crippen molar-refractivity contribution < 1.29 is 63.0 Å². The van der Waals surface area contributed by atoms with E-state index in [1.165, 1.54) is 0 Å². The van der Waals surface area contributed by atoms with Crippen molar-refractivity contribution in [3.8, 4) is 11.5 Å². The maximum Gasteiger partial charge on any atom is 0.438 e. The molecule has 0 aliphatic rings. The van der Waals surface area contributed by atoms with Crippen molar-refractivity contribution in [2.75, 3.05) is 0 Å². The number of hydrogen-bond donors (Lipinski definition) is 2. The van der Waals surface area contributed by atoms with Crippen LogP contribution in [-0.2, 0) is 20.8 Å². The van der Waals surface area contributed by atoms with Gasteiger partial charge in [-0.1, -0.05) is 0 Å². The summed E-state index contributed by atoms with van der Waals surface area (Å²) in [5.41, 5.74) is -2.21. The Kier molecular flexibility index (Phi) is 4.95. The molecule has 1 aromatic rings. The van der Waals surface area contributed by atoms with Gasteiger partial charge in [-0.3, -0.25) is 0 Å². The SMILES string of the molecule is O=S(=O)([O-])C(F)(F)C(F)(F)OC(F)(F)C(F)(F)c1cc(O)ccc1O. The van der Waals surface area contributed by atoms with E-state index in [4.69, 9.17) is 10.2 Å². The van der Waals surface area contributed by atoms with Crippen LogP contribution in [0.15, 0.2) is 18.2 Å². The summed E-state index contributed by atoms with van der Waals surface area (Å²) in [7, 11) is -7.28. The van der Waals surface area contributed by atoms with Crippen molar-refractivity contribution in [3.63, 3.8) is 0 Å². The highest BCUT2D eigenvalue weighted by Crippen LogP contribution is 2.52. The summed E-state index contributed by atoms with van der Waals surface area (Å²) in [6.07, 6.45) is -13.4. The molecule has 0 aliphatic heterocycles. The Morgan fingerprint density at radius 1 is 0.920 bits per heavy atom. The number of hydrogen-bond acceptors (Lipinski definition) is 6. The molecule has 1 rings (SSSR count). The summed E-state index contributed by atoms with van der Waals surface area (Å²) in [6, 6.07) is 0.553. The van der Waals surface area contributed by atoms with Gasteiger partial charge in [-0.15, -0.1) is 0 Å². The van der Waals surface area contributed by atoms with Crippen molar-refractivity contribution in [1.29, 1.82) is 0 Å². The van der Waals surface area contributed by atoms with E-state index in [1.807, 2.05) is 4.74 Å². The zero-order valence-corrected chi connectivity index (χ0v) is 12.0. The molecular formula is C10H5F8O6S-. The zero-order chi connectivity index (χ0) is 20.1. The normalized spacial score (nSPS) is 14.6. The lowest BCUT2D eigenvalue weighted by atomic mass is 10.1. The lowest BCUT2D eigenvalue weighted by Gasteiger charge is -2.33. The number of phenols is 2. The van der Waals surface area contributed by atoms with Crippen LogP contribution in [0.25, 0.3) is 0 Å². The Bertz CT molecular complexity index is 763. The van der Waals surface area contributed by atoms with Gasteiger partial charge in [0.1, 0.15) is 11.5 Å². The number of rotatable bonds is 6. The minimum atomic E-state index is -7.28. The first kappa shape index (κ1) is 21.2. The second kappa shape index (κ2) is 5.84. The van der Waals surface area contributed by atoms with Crippen LogP contribution in [0.2, 0.25) is 0 Å². The summed E-state index contributed by atoms with van der Waals surface area (Å²) in [4.78, 5) is 0. The summed E-state index contributed by atoms with van der Waals surface area (Å²) < 4.78 is 137. The molecule has 1 aromatic carbocycles. The maximum atomic E-state index is 13.6. The minimum absolute atomic E-state index is 0.215. The van der Waals surface area contributed by atoms with Gasteiger partial charge in [0.05, 0.1) is 5.56 Å². The Labute approximate surface area is 133 Å². The monoisotopic (exact) mass is 405 g/mol. The van der Waals surface area contributed by atoms with Crippen molar-refractivity contribution in [3.05, 3.63) is 23.8 Å². The minimum Gasteiger partial charge on any atom is -0.743 e. The highest BCUT2D eigenvalue weighted by molar-refractivity contribution is 7.86. The topological polar surface area (TPSA) is 107 Å². The predicted octanol–water partition coefficient (Wildman–Crippen LogP) is 2.53. The van der Waals surface area contributed by atoms with E-state index < -0.39 is 50.6 Å². The first-order valence-corrected chi connectivity index (χ1v) is 6.97. The number of ether oxygens (including phenoxy) is 1. The molecule has 0 radical (unpaired) electrons. The molecular weight excluding hydrogens is 400 g/mol. The largest absolute Gasteiger partial charge is 0.743 e. The molecule has 25 heavy (non-hydrogen) atoms. The molecule has 0 atom stereocenters. The van der Waals surface area contributed by atoms with Crippen LogP contribution in [0.5, 0.6) is 11.5 Å². The Morgan fingerprint density at radius 2 is 1.40 bits per heavy atom. The summed E-state index contributed by atoms with van der Waals surface area (Å²) >= 11 is 0. The van der Waals surface area contributed by atoms with Crippen LogP contribution in [0.3, 0.4) is 0 Å². The molecule has 0 unspecified atom stereocenters. The third-order valence-electron chi connectivity index (χ3n) is 2.59. The van der Waals surface area contributed by atoms with Crippen LogP contribution in [0.4, 0.5) is 35.1 Å². The van der Waals surface area contributed by atoms with Gasteiger partial charge in [-0.25, -0.2) is 13.2 Å². The molecule has 0 spiro atoms. The summed E-state index contributed by atoms with van der Waals surface area (Å²) in [5.74, 6) is -8.78. The van der Waals surface area contributed by atoms with Gasteiger partial charge in [-0.05, 0) is 18.2 Å². The molecule has 0 aliphatic carbocycles. The van der Waals surface area contributed by atoms with Crippen LogP contribution in [0, 0.1) is 0 Å². The van der Waals surface area contributed by atoms with E-state index in [0.29, 0.717) is 6.07 Å². The average Bonchev–Trinajstić information content (AvgIpc) is 2.38. The van der Waals surface area contributed by atoms with Crippen molar-refractivity contribution in [2.24, 2.45) is 0 Å². The lowest BCUT2D eigenvalue weighted by molar-refractivity contribution is -0.460. The molecule has 2 N–H and O–H groups in total. The third kappa shape index (κ3) is 3.57. The molecule has 6 nitrogen and oxygen atoms in total. The molecule has 0 fully saturated rings. The van der Waals surface area contributed by atoms with Gasteiger partial charge in [0, 0.05) is 0 Å². The standard InChI is InChI=1S/C10H6F8O6S/c11-7(12,5-3-4(19)1-2-6(5)20)8(13,14)24-9(15,16)10(17,18)25(21,22)23/h1-3,19-20H,(H,21,22,23)/p-1. The van der Waals surface area contributed by atoms with Crippen molar-refractivity contribution >= 4 is 10.1 Å². The van der Waals surface area contributed by atoms with E-state index in [2.05, 4.69) is 0 Å². The van der Waals surface area contributed by atoms with Gasteiger partial charge >= 0.3 is 23.4 Å². The van der Waals surface area contributed by atoms with E-state index in [1.54, 1.807) is 0 Å². The molecule has 15 heteroatoms. The first-order valence-electron chi connectivity index (χ1n) is 5.56. The zero-order valence-electron chi connectivity index (χ0n) is 11.2. The fourth-order valence-corrected chi connectivity index (χ4v) is 1.70. The molecule has 0 saturated heterocycles. The Balaban J connectivity index is 3.38. The third-order valence-corrected chi connectivity index (χ3v) is 3.46. The van der Waals surface area contributed by atoms with Crippen LogP contribution >= 0.6 is 0 Å². The summed E-state index contributed by atoms with van der Waals surface area (Å²) in [6.45, 7) is 0. The Hall–Kier alpha value is -1.87. The van der Waals surface area contributed by atoms with E-state index >= 15 is 0 Å². The molecule has 0 aromatic heterocycles. The van der Waals surface area contributed by atoms with E-state index in [-0.39, 0.29) is 12.1 Å². The average molecular weight is 405 g/mol. The maximum absolute atomic E-state index is 13.6. The Morgan fingerprint density at radius 3 is 1.84 bits per heavy atom. The highest BCUT2D eigenvalue weighted by atomic mass is 32.2. The molecule has 0 heterocycles. The molecule has 0 amide bonds. The van der Waals surface area contributed by atoms with Gasteiger partial charge in [0.15, 0.2) is 10.1 Å². The fraction of sp³-hybridized carbons (Fsp3) is 0.400. The second-order valence-electron chi connectivity index (χ2n) is 4.38. The van der Waals surface area contributed by atoms with E-state index in [9.17, 15) is 48.1 Å². The number of phenolic OH excluding ortho intramolecular Hbond substituents is 2. The van der Waals surface area contributed by atoms with Crippen molar-refractivity contribution in [2.45, 2.75) is 23.4 Å². The smallest absolute Gasteiger partial charge is 0.438 e. The number of benzene rings is 1. The summed E-state index contributed by atoms with van der Waals surface area (Å²) in [5, 5.41) is 11.2. The highest BCUT2D eigenvalue weighted by Gasteiger charge is 2.72. The predicted molar refractivity (Wildman–Crippen MR) is 59.3 cm³/mol. The number of aromatic hydroxyl groups is 2. The van der Waals surface area contributed by atoms with Crippen LogP contribution < -0.4 is 0 Å². The quantitative estimate of drug-likeness (QED) is 0.428. The van der Waals surface area contributed by atoms with Crippen molar-refractivity contribution in [1.82, 2.24) is 0 Å². The molecule has 0 saturated carbocycles. The van der Waals surface area contributed by atoms with Gasteiger partial charge < -0.3 is 14.8 Å².